The molecular weight excluding hydrogens is 159 g/mol. The van der Waals surface area contributed by atoms with Crippen LogP contribution < -0.4 is 0 Å². The Hall–Kier alpha value is -1.32. The van der Waals surface area contributed by atoms with Crippen LogP contribution in [0.4, 0.5) is 10.2 Å². The first-order chi connectivity index (χ1) is 5.54. The van der Waals surface area contributed by atoms with Gasteiger partial charge in [-0.3, -0.25) is 0 Å². The van der Waals surface area contributed by atoms with Crippen LogP contribution in [0.1, 0.15) is 19.5 Å². The molecular formula is C8H9FN2O. The molecule has 0 atom stereocenters. The second kappa shape index (κ2) is 2.97. The highest BCUT2D eigenvalue weighted by Gasteiger charge is 2.20. The fourth-order valence-corrected chi connectivity index (χ4v) is 0.805. The summed E-state index contributed by atoms with van der Waals surface area (Å²) >= 11 is 0. The van der Waals surface area contributed by atoms with E-state index in [1.807, 2.05) is 0 Å². The predicted molar refractivity (Wildman–Crippen MR) is 43.8 cm³/mol. The van der Waals surface area contributed by atoms with Crippen LogP contribution in [0.15, 0.2) is 23.4 Å². The van der Waals surface area contributed by atoms with E-state index in [9.17, 15) is 9.30 Å². The van der Waals surface area contributed by atoms with E-state index in [1.54, 1.807) is 6.07 Å². The number of alkyl halides is 1. The normalized spacial score (nSPS) is 11.2. The van der Waals surface area contributed by atoms with E-state index in [1.165, 1.54) is 26.0 Å². The van der Waals surface area contributed by atoms with E-state index >= 15 is 0 Å². The standard InChI is InChI=1S/C8H9FN2O/c1-8(2,9)6-4-3-5-7(10-6)11-12/h3-5H,1-2H3. The van der Waals surface area contributed by atoms with E-state index in [0.29, 0.717) is 0 Å². The van der Waals surface area contributed by atoms with Gasteiger partial charge in [0.15, 0.2) is 5.82 Å². The third-order valence-corrected chi connectivity index (χ3v) is 1.44. The third kappa shape index (κ3) is 1.84. The van der Waals surface area contributed by atoms with Crippen molar-refractivity contribution >= 4 is 5.82 Å². The third-order valence-electron chi connectivity index (χ3n) is 1.44. The van der Waals surface area contributed by atoms with Crippen LogP contribution in [0.2, 0.25) is 0 Å². The summed E-state index contributed by atoms with van der Waals surface area (Å²) in [4.78, 5) is 13.8. The predicted octanol–water partition coefficient (Wildman–Crippen LogP) is 2.68. The van der Waals surface area contributed by atoms with E-state index in [0.717, 1.165) is 0 Å². The molecule has 1 aromatic heterocycles. The van der Waals surface area contributed by atoms with Crippen LogP contribution in [0.3, 0.4) is 0 Å². The molecule has 0 aromatic carbocycles. The van der Waals surface area contributed by atoms with Crippen LogP contribution in [-0.4, -0.2) is 4.98 Å². The first-order valence-electron chi connectivity index (χ1n) is 3.54. The number of nitrogens with zero attached hydrogens (tertiary/aromatic N) is 2. The van der Waals surface area contributed by atoms with Crippen LogP contribution >= 0.6 is 0 Å². The second-order valence-corrected chi connectivity index (χ2v) is 2.94. The summed E-state index contributed by atoms with van der Waals surface area (Å²) in [6.45, 7) is 2.76. The number of rotatable bonds is 2. The maximum Gasteiger partial charge on any atom is 0.196 e. The van der Waals surface area contributed by atoms with Gasteiger partial charge < -0.3 is 0 Å². The monoisotopic (exact) mass is 168 g/mol. The lowest BCUT2D eigenvalue weighted by atomic mass is 10.1. The quantitative estimate of drug-likeness (QED) is 0.637. The molecule has 4 heteroatoms. The van der Waals surface area contributed by atoms with Gasteiger partial charge in [-0.05, 0) is 31.2 Å². The van der Waals surface area contributed by atoms with Gasteiger partial charge in [-0.2, -0.15) is 0 Å². The molecule has 3 nitrogen and oxygen atoms in total. The lowest BCUT2D eigenvalue weighted by molar-refractivity contribution is 0.214. The van der Waals surface area contributed by atoms with Crippen LogP contribution in [0.25, 0.3) is 0 Å². The SMILES string of the molecule is CC(C)(F)c1cccc(N=O)n1. The molecule has 0 aliphatic carbocycles. The van der Waals surface area contributed by atoms with Gasteiger partial charge in [-0.15, -0.1) is 4.91 Å². The Labute approximate surface area is 69.6 Å². The average molecular weight is 168 g/mol. The Kier molecular flexibility index (Phi) is 2.17. The fraction of sp³-hybridized carbons (Fsp3) is 0.375. The minimum Gasteiger partial charge on any atom is -0.238 e. The highest BCUT2D eigenvalue weighted by atomic mass is 19.1. The van der Waals surface area contributed by atoms with Crippen LogP contribution in [0, 0.1) is 4.91 Å². The van der Waals surface area contributed by atoms with Crippen molar-refractivity contribution in [2.45, 2.75) is 19.5 Å². The largest absolute Gasteiger partial charge is 0.238 e. The zero-order valence-corrected chi connectivity index (χ0v) is 6.91. The van der Waals surface area contributed by atoms with E-state index < -0.39 is 5.67 Å². The van der Waals surface area contributed by atoms with Crippen molar-refractivity contribution in [3.05, 3.63) is 28.8 Å². The average Bonchev–Trinajstić information content (AvgIpc) is 2.03. The Bertz CT molecular complexity index is 293. The van der Waals surface area contributed by atoms with Gasteiger partial charge in [0.25, 0.3) is 0 Å². The maximum absolute atomic E-state index is 13.2. The summed E-state index contributed by atoms with van der Waals surface area (Å²) in [5.41, 5.74) is -1.31. The Balaban J connectivity index is 3.10. The van der Waals surface area contributed by atoms with Gasteiger partial charge in [0.2, 0.25) is 0 Å². The minimum absolute atomic E-state index is 0.0122. The Morgan fingerprint density at radius 1 is 1.50 bits per heavy atom. The fourth-order valence-electron chi connectivity index (χ4n) is 0.805. The van der Waals surface area contributed by atoms with Gasteiger partial charge in [0, 0.05) is 0 Å². The molecule has 0 aliphatic heterocycles. The molecule has 1 aromatic rings. The molecule has 0 N–H and O–H groups in total. The highest BCUT2D eigenvalue weighted by Crippen LogP contribution is 2.23. The molecule has 64 valence electrons. The van der Waals surface area contributed by atoms with Crippen molar-refractivity contribution in [2.75, 3.05) is 0 Å². The maximum atomic E-state index is 13.2. The smallest absolute Gasteiger partial charge is 0.196 e. The summed E-state index contributed by atoms with van der Waals surface area (Å²) in [7, 11) is 0. The molecule has 0 bridgehead atoms. The van der Waals surface area contributed by atoms with Gasteiger partial charge in [-0.25, -0.2) is 9.37 Å². The van der Waals surface area contributed by atoms with Crippen molar-refractivity contribution in [1.82, 2.24) is 4.98 Å². The van der Waals surface area contributed by atoms with Crippen molar-refractivity contribution in [1.29, 1.82) is 0 Å². The molecule has 0 aliphatic rings. The molecule has 12 heavy (non-hydrogen) atoms. The topological polar surface area (TPSA) is 42.3 Å². The Morgan fingerprint density at radius 2 is 2.17 bits per heavy atom. The molecule has 0 spiro atoms. The van der Waals surface area contributed by atoms with Crippen LogP contribution in [0.5, 0.6) is 0 Å². The van der Waals surface area contributed by atoms with Crippen molar-refractivity contribution in [3.63, 3.8) is 0 Å². The summed E-state index contributed by atoms with van der Waals surface area (Å²) in [6.07, 6.45) is 0. The van der Waals surface area contributed by atoms with Gasteiger partial charge in [-0.1, -0.05) is 6.07 Å². The number of nitroso groups, excluding NO2 is 1. The van der Waals surface area contributed by atoms with Gasteiger partial charge in [0.05, 0.1) is 5.69 Å². The lowest BCUT2D eigenvalue weighted by Gasteiger charge is -2.12. The van der Waals surface area contributed by atoms with E-state index in [-0.39, 0.29) is 11.5 Å². The zero-order chi connectivity index (χ0) is 9.19. The van der Waals surface area contributed by atoms with E-state index in [2.05, 4.69) is 10.2 Å². The summed E-state index contributed by atoms with van der Waals surface area (Å²) in [6, 6.07) is 4.51. The van der Waals surface area contributed by atoms with Crippen LogP contribution in [-0.2, 0) is 5.67 Å². The molecule has 0 amide bonds. The molecule has 0 unspecified atom stereocenters. The number of hydrogen-bond acceptors (Lipinski definition) is 3. The second-order valence-electron chi connectivity index (χ2n) is 2.94. The first kappa shape index (κ1) is 8.77. The zero-order valence-electron chi connectivity index (χ0n) is 6.91. The summed E-state index contributed by atoms with van der Waals surface area (Å²) in [5, 5.41) is 2.62. The first-order valence-corrected chi connectivity index (χ1v) is 3.54. The number of aromatic nitrogens is 1. The molecule has 0 radical (unpaired) electrons. The Morgan fingerprint density at radius 3 is 2.67 bits per heavy atom. The summed E-state index contributed by atoms with van der Waals surface area (Å²) in [5.74, 6) is 0.0122. The molecule has 1 rings (SSSR count). The van der Waals surface area contributed by atoms with Crippen molar-refractivity contribution < 1.29 is 4.39 Å². The number of pyridine rings is 1. The highest BCUT2D eigenvalue weighted by molar-refractivity contribution is 5.29. The van der Waals surface area contributed by atoms with Crippen molar-refractivity contribution in [3.8, 4) is 0 Å². The molecule has 1 heterocycles. The summed E-state index contributed by atoms with van der Waals surface area (Å²) < 4.78 is 13.2. The lowest BCUT2D eigenvalue weighted by Crippen LogP contribution is -2.10. The van der Waals surface area contributed by atoms with E-state index in [4.69, 9.17) is 0 Å². The molecule has 0 saturated carbocycles. The van der Waals surface area contributed by atoms with Gasteiger partial charge >= 0.3 is 0 Å². The minimum atomic E-state index is -1.53. The molecule has 0 fully saturated rings. The van der Waals surface area contributed by atoms with Gasteiger partial charge in [0.1, 0.15) is 5.67 Å². The van der Waals surface area contributed by atoms with Crippen molar-refractivity contribution in [2.24, 2.45) is 5.18 Å². The number of halogens is 1. The number of hydrogen-bond donors (Lipinski definition) is 0. The molecule has 0 saturated heterocycles.